The lowest BCUT2D eigenvalue weighted by atomic mass is 10.1. The minimum atomic E-state index is -1.63. The van der Waals surface area contributed by atoms with Crippen LogP contribution >= 0.6 is 0 Å². The first-order valence-electron chi connectivity index (χ1n) is 4.45. The van der Waals surface area contributed by atoms with E-state index in [1.807, 2.05) is 0 Å². The molecule has 0 radical (unpaired) electrons. The van der Waals surface area contributed by atoms with E-state index in [9.17, 15) is 8.78 Å². The van der Waals surface area contributed by atoms with Gasteiger partial charge in [0.2, 0.25) is 0 Å². The van der Waals surface area contributed by atoms with Crippen molar-refractivity contribution in [2.75, 3.05) is 0 Å². The van der Waals surface area contributed by atoms with Gasteiger partial charge in [-0.3, -0.25) is 0 Å². The van der Waals surface area contributed by atoms with E-state index >= 15 is 0 Å². The second-order valence-corrected chi connectivity index (χ2v) is 2.73. The van der Waals surface area contributed by atoms with Crippen molar-refractivity contribution in [1.82, 2.24) is 0 Å². The summed E-state index contributed by atoms with van der Waals surface area (Å²) in [5, 5.41) is 0. The van der Waals surface area contributed by atoms with Gasteiger partial charge in [0.1, 0.15) is 0 Å². The molecule has 0 heterocycles. The number of allylic oxidation sites excluding steroid dienone is 3. The van der Waals surface area contributed by atoms with Crippen LogP contribution < -0.4 is 0 Å². The largest absolute Gasteiger partial charge is 0.270 e. The van der Waals surface area contributed by atoms with E-state index in [1.165, 1.54) is 25.3 Å². The fraction of sp³-hybridized carbons (Fsp3) is 0.600. The zero-order valence-corrected chi connectivity index (χ0v) is 7.52. The Bertz CT molecular complexity index is 144. The number of halogens is 2. The van der Waals surface area contributed by atoms with E-state index in [0.717, 1.165) is 18.9 Å². The van der Waals surface area contributed by atoms with Gasteiger partial charge in [-0.15, -0.1) is 0 Å². The predicted octanol–water partition coefficient (Wildman–Crippen LogP) is 4.29. The van der Waals surface area contributed by atoms with Gasteiger partial charge >= 0.3 is 0 Å². The first kappa shape index (κ1) is 11.3. The highest BCUT2D eigenvalue weighted by Gasteiger charge is 1.84. The van der Waals surface area contributed by atoms with Crippen LogP contribution in [0.5, 0.6) is 0 Å². The summed E-state index contributed by atoms with van der Waals surface area (Å²) in [6, 6.07) is 0. The Morgan fingerprint density at radius 2 is 1.92 bits per heavy atom. The van der Waals surface area contributed by atoms with Crippen LogP contribution in [-0.2, 0) is 0 Å². The third kappa shape index (κ3) is 9.34. The van der Waals surface area contributed by atoms with Gasteiger partial charge in [-0.05, 0) is 12.8 Å². The van der Waals surface area contributed by atoms with Crippen molar-refractivity contribution < 1.29 is 8.78 Å². The summed E-state index contributed by atoms with van der Waals surface area (Å²) in [5.74, 6) is 0. The zero-order chi connectivity index (χ0) is 9.23. The number of rotatable bonds is 6. The molecule has 0 aliphatic carbocycles. The topological polar surface area (TPSA) is 0 Å². The van der Waals surface area contributed by atoms with Crippen LogP contribution in [0.25, 0.3) is 0 Å². The van der Waals surface area contributed by atoms with Gasteiger partial charge < -0.3 is 0 Å². The Balaban J connectivity index is 3.19. The molecule has 0 aromatic rings. The monoisotopic (exact) mass is 174 g/mol. The van der Waals surface area contributed by atoms with Gasteiger partial charge in [0.25, 0.3) is 6.08 Å². The van der Waals surface area contributed by atoms with E-state index in [1.54, 1.807) is 6.08 Å². The maximum absolute atomic E-state index is 11.5. The van der Waals surface area contributed by atoms with E-state index in [2.05, 4.69) is 6.92 Å². The molecule has 0 bridgehead atoms. The molecular weight excluding hydrogens is 158 g/mol. The van der Waals surface area contributed by atoms with Crippen molar-refractivity contribution in [3.05, 3.63) is 24.3 Å². The lowest BCUT2D eigenvalue weighted by molar-refractivity contribution is 0.422. The molecule has 0 spiro atoms. The van der Waals surface area contributed by atoms with Crippen LogP contribution in [0.4, 0.5) is 8.78 Å². The number of unbranched alkanes of at least 4 members (excludes halogenated alkanes) is 4. The molecule has 12 heavy (non-hydrogen) atoms. The fourth-order valence-electron chi connectivity index (χ4n) is 0.926. The Morgan fingerprint density at radius 1 is 1.17 bits per heavy atom. The quantitative estimate of drug-likeness (QED) is 0.416. The molecule has 0 aliphatic heterocycles. The predicted molar refractivity (Wildman–Crippen MR) is 48.2 cm³/mol. The molecule has 0 saturated heterocycles. The summed E-state index contributed by atoms with van der Waals surface area (Å²) in [7, 11) is 0. The van der Waals surface area contributed by atoms with Gasteiger partial charge in [0, 0.05) is 6.08 Å². The standard InChI is InChI=1S/C10H16F2/c1-2-3-4-5-6-7-8-9-10(11)12/h7-9H,2-6H2,1H3/b8-7+. The summed E-state index contributed by atoms with van der Waals surface area (Å²) in [6.45, 7) is 2.15. The molecule has 0 saturated carbocycles. The Kier molecular flexibility index (Phi) is 7.97. The lowest BCUT2D eigenvalue weighted by Gasteiger charge is -1.92. The van der Waals surface area contributed by atoms with Crippen LogP contribution in [0.2, 0.25) is 0 Å². The molecule has 0 aliphatic rings. The Hall–Kier alpha value is -0.660. The molecule has 70 valence electrons. The van der Waals surface area contributed by atoms with Crippen LogP contribution in [0.15, 0.2) is 24.3 Å². The third-order valence-electron chi connectivity index (χ3n) is 1.58. The van der Waals surface area contributed by atoms with Crippen LogP contribution in [0, 0.1) is 0 Å². The van der Waals surface area contributed by atoms with Gasteiger partial charge in [0.15, 0.2) is 0 Å². The SMILES string of the molecule is CCCCCC/C=C/C=C(F)F. The molecule has 2 heteroatoms. The minimum Gasteiger partial charge on any atom is -0.173 e. The van der Waals surface area contributed by atoms with Gasteiger partial charge in [-0.1, -0.05) is 38.3 Å². The number of hydrogen-bond acceptors (Lipinski definition) is 0. The van der Waals surface area contributed by atoms with Gasteiger partial charge in [0.05, 0.1) is 0 Å². The highest BCUT2D eigenvalue weighted by Crippen LogP contribution is 2.03. The second kappa shape index (κ2) is 8.44. The molecule has 0 nitrogen and oxygen atoms in total. The van der Waals surface area contributed by atoms with Crippen molar-refractivity contribution >= 4 is 0 Å². The van der Waals surface area contributed by atoms with Crippen LogP contribution in [-0.4, -0.2) is 0 Å². The average Bonchev–Trinajstić information content (AvgIpc) is 2.02. The van der Waals surface area contributed by atoms with Crippen molar-refractivity contribution in [2.45, 2.75) is 39.0 Å². The second-order valence-electron chi connectivity index (χ2n) is 2.73. The first-order chi connectivity index (χ1) is 5.77. The Morgan fingerprint density at radius 3 is 2.50 bits per heavy atom. The normalized spacial score (nSPS) is 10.6. The van der Waals surface area contributed by atoms with Crippen molar-refractivity contribution in [1.29, 1.82) is 0 Å². The van der Waals surface area contributed by atoms with Gasteiger partial charge in [-0.2, -0.15) is 8.78 Å². The molecule has 0 N–H and O–H groups in total. The van der Waals surface area contributed by atoms with Crippen molar-refractivity contribution in [3.8, 4) is 0 Å². The molecule has 0 amide bonds. The smallest absolute Gasteiger partial charge is 0.173 e. The van der Waals surface area contributed by atoms with E-state index < -0.39 is 6.08 Å². The molecule has 0 aromatic carbocycles. The molecule has 0 aromatic heterocycles. The summed E-state index contributed by atoms with van der Waals surface area (Å²) < 4.78 is 22.9. The summed E-state index contributed by atoms with van der Waals surface area (Å²) >= 11 is 0. The summed E-state index contributed by atoms with van der Waals surface area (Å²) in [5.41, 5.74) is 0. The maximum atomic E-state index is 11.5. The van der Waals surface area contributed by atoms with E-state index in [4.69, 9.17) is 0 Å². The highest BCUT2D eigenvalue weighted by atomic mass is 19.3. The molecular formula is C10H16F2. The number of hydrogen-bond donors (Lipinski definition) is 0. The summed E-state index contributed by atoms with van der Waals surface area (Å²) in [4.78, 5) is 0. The average molecular weight is 174 g/mol. The van der Waals surface area contributed by atoms with Crippen LogP contribution in [0.3, 0.4) is 0 Å². The van der Waals surface area contributed by atoms with Crippen molar-refractivity contribution in [3.63, 3.8) is 0 Å². The summed E-state index contributed by atoms with van der Waals surface area (Å²) in [6.07, 6.45) is 8.07. The van der Waals surface area contributed by atoms with E-state index in [0.29, 0.717) is 0 Å². The third-order valence-corrected chi connectivity index (χ3v) is 1.58. The molecule has 0 atom stereocenters. The molecule has 0 unspecified atom stereocenters. The first-order valence-corrected chi connectivity index (χ1v) is 4.45. The minimum absolute atomic E-state index is 0.833. The van der Waals surface area contributed by atoms with Crippen molar-refractivity contribution in [2.24, 2.45) is 0 Å². The highest BCUT2D eigenvalue weighted by molar-refractivity contribution is 5.02. The van der Waals surface area contributed by atoms with E-state index in [-0.39, 0.29) is 0 Å². The molecule has 0 rings (SSSR count). The van der Waals surface area contributed by atoms with Gasteiger partial charge in [-0.25, -0.2) is 0 Å². The zero-order valence-electron chi connectivity index (χ0n) is 7.52. The fourth-order valence-corrected chi connectivity index (χ4v) is 0.926. The van der Waals surface area contributed by atoms with Crippen LogP contribution in [0.1, 0.15) is 39.0 Å². The Labute approximate surface area is 73.0 Å². The molecule has 0 fully saturated rings. The maximum Gasteiger partial charge on any atom is 0.270 e. The lowest BCUT2D eigenvalue weighted by Crippen LogP contribution is -1.73.